The molecular weight excluding hydrogens is 234 g/mol. The quantitative estimate of drug-likeness (QED) is 0.741. The van der Waals surface area contributed by atoms with E-state index in [-0.39, 0.29) is 14.3 Å². The Hall–Kier alpha value is -0.343. The molecule has 2 unspecified atom stereocenters. The van der Waals surface area contributed by atoms with Gasteiger partial charge in [-0.1, -0.05) is 29.3 Å². The Morgan fingerprint density at radius 3 is 2.06 bits per heavy atom. The van der Waals surface area contributed by atoms with Crippen LogP contribution in [0.5, 0.6) is 0 Å². The predicted octanol–water partition coefficient (Wildman–Crippen LogP) is 4.02. The zero-order valence-electron chi connectivity index (χ0n) is 13.1. The topological polar surface area (TPSA) is 12.0 Å². The van der Waals surface area contributed by atoms with E-state index in [9.17, 15) is 0 Å². The van der Waals surface area contributed by atoms with Gasteiger partial charge in [-0.25, -0.2) is 0 Å². The molecule has 0 spiro atoms. The molecule has 1 N–H and O–H groups in total. The molecule has 1 aliphatic carbocycles. The lowest BCUT2D eigenvalue weighted by atomic mass is 10.1. The van der Waals surface area contributed by atoms with Gasteiger partial charge in [0.1, 0.15) is 8.80 Å². The fourth-order valence-corrected chi connectivity index (χ4v) is 6.88. The minimum atomic E-state index is -0.333. The summed E-state index contributed by atoms with van der Waals surface area (Å²) in [6, 6.07) is 1.47. The van der Waals surface area contributed by atoms with Crippen molar-refractivity contribution in [1.82, 2.24) is 5.32 Å². The first-order valence-electron chi connectivity index (χ1n) is 7.24. The molecule has 1 aliphatic heterocycles. The second kappa shape index (κ2) is 4.64. The number of hydrogen-bond acceptors (Lipinski definition) is 1. The van der Waals surface area contributed by atoms with Crippen LogP contribution in [0.3, 0.4) is 0 Å². The monoisotopic (exact) mass is 262 g/mol. The molecule has 0 aromatic rings. The molecule has 1 saturated heterocycles. The number of rotatable bonds is 2. The van der Waals surface area contributed by atoms with Crippen LogP contribution < -0.4 is 5.32 Å². The third-order valence-corrected chi connectivity index (χ3v) is 8.32. The van der Waals surface area contributed by atoms with Crippen molar-refractivity contribution in [3.63, 3.8) is 0 Å². The Labute approximate surface area is 114 Å². The lowest BCUT2D eigenvalue weighted by molar-refractivity contribution is 0.384. The average Bonchev–Trinajstić information content (AvgIpc) is 2.41. The maximum atomic E-state index is 3.85. The lowest BCUT2D eigenvalue weighted by Crippen LogP contribution is -2.58. The van der Waals surface area contributed by atoms with Crippen LogP contribution in [0.1, 0.15) is 54.9 Å². The highest BCUT2D eigenvalue weighted by Crippen LogP contribution is 2.42. The molecule has 1 nitrogen and oxygen atoms in total. The summed E-state index contributed by atoms with van der Waals surface area (Å²) in [5.74, 6) is 0.712. The van der Waals surface area contributed by atoms with Gasteiger partial charge >= 0.3 is 0 Å². The van der Waals surface area contributed by atoms with Gasteiger partial charge in [0.15, 0.2) is 0 Å². The van der Waals surface area contributed by atoms with E-state index in [1.165, 1.54) is 12.5 Å². The molecule has 0 saturated carbocycles. The van der Waals surface area contributed by atoms with Crippen molar-refractivity contribution in [2.45, 2.75) is 72.1 Å². The highest BCUT2D eigenvalue weighted by molar-refractivity contribution is 6.71. The van der Waals surface area contributed by atoms with Gasteiger partial charge in [-0.15, -0.1) is 0 Å². The summed E-state index contributed by atoms with van der Waals surface area (Å²) in [7, 11) is -0.333. The van der Waals surface area contributed by atoms with Crippen molar-refractivity contribution in [3.8, 4) is 0 Å². The molecule has 0 aromatic heterocycles. The molecule has 2 atom stereocenters. The van der Waals surface area contributed by atoms with Gasteiger partial charge in [-0.05, 0) is 59.5 Å². The molecule has 101 valence electrons. The summed E-state index contributed by atoms with van der Waals surface area (Å²) < 4.78 is 0. The normalized spacial score (nSPS) is 30.2. The van der Waals surface area contributed by atoms with Crippen LogP contribution in [0.25, 0.3) is 0 Å². The van der Waals surface area contributed by atoms with Crippen LogP contribution in [0.2, 0.25) is 6.04 Å². The first-order valence-corrected chi connectivity index (χ1v) is 9.03. The second-order valence-electron chi connectivity index (χ2n) is 7.08. The molecule has 0 bridgehead atoms. The third kappa shape index (κ3) is 2.37. The molecule has 2 rings (SSSR count). The Morgan fingerprint density at radius 1 is 1.11 bits per heavy atom. The maximum absolute atomic E-state index is 3.85. The first kappa shape index (κ1) is 14.1. The fraction of sp³-hybridized carbons (Fsp3) is 0.750. The summed E-state index contributed by atoms with van der Waals surface area (Å²) in [5, 5.41) is 5.67. The zero-order valence-corrected chi connectivity index (χ0v) is 14.1. The van der Waals surface area contributed by atoms with Gasteiger partial charge in [0, 0.05) is 11.2 Å². The Bertz CT molecular complexity index is 411. The number of nitrogens with one attached hydrogen (secondary N) is 1. The van der Waals surface area contributed by atoms with Gasteiger partial charge in [0.2, 0.25) is 0 Å². The minimum absolute atomic E-state index is 0.259. The van der Waals surface area contributed by atoms with E-state index in [1.54, 1.807) is 16.7 Å². The third-order valence-electron chi connectivity index (χ3n) is 4.72. The first-order chi connectivity index (χ1) is 8.22. The molecule has 1 heterocycles. The second-order valence-corrected chi connectivity index (χ2v) is 9.87. The summed E-state index contributed by atoms with van der Waals surface area (Å²) in [5.41, 5.74) is 5.85. The molecule has 2 aliphatic rings. The standard InChI is InChI=1S/C16H28NSi/c1-10-11(2)13(4)15(12(10)3)18-9-8-14(18)17-16(5,6)7/h12,14,17H,8-9H2,1-7H3. The van der Waals surface area contributed by atoms with E-state index >= 15 is 0 Å². The smallest absolute Gasteiger partial charge is 0.101 e. The maximum Gasteiger partial charge on any atom is 0.101 e. The van der Waals surface area contributed by atoms with E-state index in [2.05, 4.69) is 53.8 Å². The highest BCUT2D eigenvalue weighted by atomic mass is 28.3. The Kier molecular flexibility index (Phi) is 3.63. The SMILES string of the molecule is CC1=C(C)C(C)C([Si]2CCC2NC(C)(C)C)=C1C. The van der Waals surface area contributed by atoms with Gasteiger partial charge in [0.25, 0.3) is 0 Å². The predicted molar refractivity (Wildman–Crippen MR) is 82.1 cm³/mol. The summed E-state index contributed by atoms with van der Waals surface area (Å²) in [4.78, 5) is 0. The highest BCUT2D eigenvalue weighted by Gasteiger charge is 2.41. The van der Waals surface area contributed by atoms with Crippen molar-refractivity contribution in [2.24, 2.45) is 5.92 Å². The van der Waals surface area contributed by atoms with Crippen molar-refractivity contribution >= 4 is 8.80 Å². The molecule has 1 radical (unpaired) electrons. The van der Waals surface area contributed by atoms with Crippen LogP contribution in [0.4, 0.5) is 0 Å². The Balaban J connectivity index is 2.15. The number of hydrogen-bond donors (Lipinski definition) is 1. The summed E-state index contributed by atoms with van der Waals surface area (Å²) in [6.45, 7) is 16.3. The van der Waals surface area contributed by atoms with Crippen LogP contribution >= 0.6 is 0 Å². The van der Waals surface area contributed by atoms with Crippen LogP contribution in [-0.2, 0) is 0 Å². The molecule has 0 aromatic carbocycles. The van der Waals surface area contributed by atoms with Crippen LogP contribution in [0.15, 0.2) is 21.9 Å². The minimum Gasteiger partial charge on any atom is -0.312 e. The van der Waals surface area contributed by atoms with E-state index < -0.39 is 0 Å². The fourth-order valence-electron chi connectivity index (χ4n) is 3.32. The van der Waals surface area contributed by atoms with Crippen molar-refractivity contribution in [2.75, 3.05) is 0 Å². The van der Waals surface area contributed by atoms with Crippen LogP contribution in [0, 0.1) is 5.92 Å². The van der Waals surface area contributed by atoms with Gasteiger partial charge in [-0.3, -0.25) is 0 Å². The molecule has 0 amide bonds. The van der Waals surface area contributed by atoms with Crippen molar-refractivity contribution in [1.29, 1.82) is 0 Å². The zero-order chi connectivity index (χ0) is 13.7. The van der Waals surface area contributed by atoms with Gasteiger partial charge in [0.05, 0.1) is 0 Å². The van der Waals surface area contributed by atoms with Crippen LogP contribution in [-0.4, -0.2) is 20.0 Å². The van der Waals surface area contributed by atoms with Crippen molar-refractivity contribution < 1.29 is 0 Å². The molecule has 18 heavy (non-hydrogen) atoms. The van der Waals surface area contributed by atoms with E-state index in [4.69, 9.17) is 0 Å². The van der Waals surface area contributed by atoms with Gasteiger partial charge < -0.3 is 5.32 Å². The summed E-state index contributed by atoms with van der Waals surface area (Å²) in [6.07, 6.45) is 1.38. The Morgan fingerprint density at radius 2 is 1.72 bits per heavy atom. The largest absolute Gasteiger partial charge is 0.312 e. The van der Waals surface area contributed by atoms with E-state index in [0.29, 0.717) is 5.92 Å². The molecule has 2 heteroatoms. The summed E-state index contributed by atoms with van der Waals surface area (Å²) >= 11 is 0. The molecule has 1 fully saturated rings. The van der Waals surface area contributed by atoms with Crippen molar-refractivity contribution in [3.05, 3.63) is 21.9 Å². The lowest BCUT2D eigenvalue weighted by Gasteiger charge is -2.42. The van der Waals surface area contributed by atoms with Gasteiger partial charge in [-0.2, -0.15) is 0 Å². The van der Waals surface area contributed by atoms with E-state index in [0.717, 1.165) is 5.67 Å². The number of allylic oxidation sites excluding steroid dienone is 4. The van der Waals surface area contributed by atoms with E-state index in [1.807, 2.05) is 5.20 Å². The average molecular weight is 262 g/mol. The molecular formula is C16H28NSi.